The van der Waals surface area contributed by atoms with Crippen LogP contribution < -0.4 is 18.3 Å². The van der Waals surface area contributed by atoms with Gasteiger partial charge in [-0.15, -0.1) is 0 Å². The predicted molar refractivity (Wildman–Crippen MR) is 511 cm³/mol. The maximum absolute atomic E-state index is 8.74. The van der Waals surface area contributed by atoms with Crippen molar-refractivity contribution in [2.75, 3.05) is 0 Å². The molecule has 0 saturated carbocycles. The number of aromatic nitrogens is 8. The summed E-state index contributed by atoms with van der Waals surface area (Å²) in [7, 11) is 8.36. The largest absolute Gasteiger partial charge is 0.264 e. The predicted octanol–water partition coefficient (Wildman–Crippen LogP) is 27.2. The molecule has 8 heteroatoms. The zero-order chi connectivity index (χ0) is 88.8. The molecule has 8 heterocycles. The lowest BCUT2D eigenvalue weighted by molar-refractivity contribution is -0.665. The summed E-state index contributed by atoms with van der Waals surface area (Å²) in [5.74, 6) is 0.898. The quantitative estimate of drug-likeness (QED) is 0.128. The van der Waals surface area contributed by atoms with Crippen LogP contribution in [0.3, 0.4) is 0 Å². The van der Waals surface area contributed by atoms with E-state index in [0.29, 0.717) is 24.2 Å². The summed E-state index contributed by atoms with van der Waals surface area (Å²) in [6.07, 6.45) is 15.9. The standard InChI is InChI=1S/C30H35N2.2C28H31N2.C27H29N2/c1-20-26(17-24(29(2,3)4)18-27(20)30(5,6)7)28-25-12-11-21(23-10-9-14-31-19-23)16-22(25)13-15-32(28)8;1-18-13-24(28(4,5)6)16-26(20(18)3)27-25-11-10-21(22-9-8-12-29-17-22)15-23(25)14-19(2)30(27)7;1-18(2)24-15-26(19(3)4)20(5)27(16-24)28-25-10-9-21(23-8-7-12-29-17-23)14-22(25)11-13-30(28)6;1-18-9-11-23(27(3,4)5)16-25(18)26-24-12-10-20(21-8-7-13-28-17-21)15-22(24)14-19(2)29(26)6/h9-19H,1-8H3;8-17H,1-7H3;7-19H,1-6H3;7-17H,1-6H3/q4*+1/i15D;;13D;. The summed E-state index contributed by atoms with van der Waals surface area (Å²) in [4.78, 5) is 17.1. The monoisotopic (exact) mass is 1600 g/mol. The van der Waals surface area contributed by atoms with Gasteiger partial charge in [-0.25, -0.2) is 9.13 Å². The first-order chi connectivity index (χ1) is 58.1. The molecule has 121 heavy (non-hydrogen) atoms. The fraction of sp³-hybridized carbons (Fsp3) is 0.292. The molecule has 0 fully saturated rings. The van der Waals surface area contributed by atoms with E-state index < -0.39 is 0 Å². The van der Waals surface area contributed by atoms with Crippen LogP contribution in [0.4, 0.5) is 0 Å². The number of nitrogens with zero attached hydrogens (tertiary/aromatic N) is 8. The topological polar surface area (TPSA) is 67.1 Å². The Bertz CT molecular complexity index is 6660. The molecule has 0 saturated heterocycles. The van der Waals surface area contributed by atoms with Gasteiger partial charge in [0.1, 0.15) is 30.9 Å². The molecule has 0 aliphatic heterocycles. The zero-order valence-electron chi connectivity index (χ0n) is 78.9. The molecule has 8 nitrogen and oxygen atoms in total. The van der Waals surface area contributed by atoms with Crippen LogP contribution in [0.5, 0.6) is 0 Å². The Kier molecular flexibility index (Phi) is 24.3. The van der Waals surface area contributed by atoms with E-state index in [1.807, 2.05) is 96.8 Å². The Morgan fingerprint density at radius 3 is 1.03 bits per heavy atom. The lowest BCUT2D eigenvalue weighted by Crippen LogP contribution is -2.35. The third-order valence-corrected chi connectivity index (χ3v) is 24.7. The minimum Gasteiger partial charge on any atom is -0.264 e. The molecule has 8 aromatic carbocycles. The first-order valence-electron chi connectivity index (χ1n) is 44.0. The van der Waals surface area contributed by atoms with Crippen molar-refractivity contribution in [1.29, 1.82) is 0 Å². The fourth-order valence-corrected chi connectivity index (χ4v) is 16.9. The first kappa shape index (κ1) is 84.0. The summed E-state index contributed by atoms with van der Waals surface area (Å²) >= 11 is 0. The van der Waals surface area contributed by atoms with E-state index in [1.165, 1.54) is 144 Å². The van der Waals surface area contributed by atoms with E-state index in [0.717, 1.165) is 60.9 Å². The van der Waals surface area contributed by atoms with Gasteiger partial charge in [0.2, 0.25) is 22.8 Å². The van der Waals surface area contributed by atoms with E-state index in [-0.39, 0.29) is 21.7 Å². The Balaban J connectivity index is 0.000000141. The van der Waals surface area contributed by atoms with Crippen molar-refractivity contribution >= 4 is 43.1 Å². The number of fused-ring (bicyclic) bond motifs is 4. The summed E-state index contributed by atoms with van der Waals surface area (Å²) in [6.45, 7) is 51.9. The summed E-state index contributed by atoms with van der Waals surface area (Å²) in [5.41, 5.74) is 36.5. The Morgan fingerprint density at radius 1 is 0.298 bits per heavy atom. The van der Waals surface area contributed by atoms with E-state index in [9.17, 15) is 0 Å². The molecule has 0 N–H and O–H groups in total. The molecule has 0 atom stereocenters. The minimum atomic E-state index is 0.0283. The van der Waals surface area contributed by atoms with Crippen LogP contribution in [0, 0.1) is 48.5 Å². The molecule has 0 bridgehead atoms. The van der Waals surface area contributed by atoms with Gasteiger partial charge in [-0.1, -0.05) is 190 Å². The van der Waals surface area contributed by atoms with E-state index >= 15 is 0 Å². The summed E-state index contributed by atoms with van der Waals surface area (Å²) in [6, 6.07) is 72.4. The highest BCUT2D eigenvalue weighted by Gasteiger charge is 2.31. The van der Waals surface area contributed by atoms with Crippen LogP contribution in [0.15, 0.2) is 262 Å². The molecule has 0 spiro atoms. The molecule has 8 aromatic heterocycles. The van der Waals surface area contributed by atoms with Gasteiger partial charge in [-0.3, -0.25) is 19.9 Å². The zero-order valence-corrected chi connectivity index (χ0v) is 76.9. The Hall–Kier alpha value is -12.0. The number of hydrogen-bond acceptors (Lipinski definition) is 4. The molecule has 0 radical (unpaired) electrons. The molecule has 0 aliphatic rings. The van der Waals surface area contributed by atoms with Gasteiger partial charge in [0, 0.05) is 110 Å². The van der Waals surface area contributed by atoms with Gasteiger partial charge in [-0.05, 0) is 270 Å². The second-order valence-corrected chi connectivity index (χ2v) is 38.2. The van der Waals surface area contributed by atoms with Crippen molar-refractivity contribution in [1.82, 2.24) is 19.9 Å². The maximum Gasteiger partial charge on any atom is 0.220 e. The number of hydrogen-bond donors (Lipinski definition) is 0. The minimum absolute atomic E-state index is 0.0283. The average Bonchev–Trinajstić information content (AvgIpc) is 0.769. The van der Waals surface area contributed by atoms with E-state index in [4.69, 9.17) is 2.74 Å². The molecule has 0 unspecified atom stereocenters. The third-order valence-electron chi connectivity index (χ3n) is 24.7. The van der Waals surface area contributed by atoms with Crippen molar-refractivity contribution in [3.8, 4) is 89.5 Å². The Morgan fingerprint density at radius 2 is 0.661 bits per heavy atom. The molecule has 0 amide bonds. The summed E-state index contributed by atoms with van der Waals surface area (Å²) < 4.78 is 26.1. The lowest BCUT2D eigenvalue weighted by atomic mass is 9.76. The van der Waals surface area contributed by atoms with Crippen molar-refractivity contribution in [3.63, 3.8) is 0 Å². The second-order valence-electron chi connectivity index (χ2n) is 38.2. The van der Waals surface area contributed by atoms with Gasteiger partial charge in [0.15, 0.2) is 23.7 Å². The molecule has 0 aliphatic carbocycles. The third kappa shape index (κ3) is 18.7. The van der Waals surface area contributed by atoms with Crippen LogP contribution in [-0.2, 0) is 49.9 Å². The number of aryl methyl sites for hydroxylation is 4. The number of rotatable bonds is 10. The van der Waals surface area contributed by atoms with Crippen molar-refractivity contribution in [2.24, 2.45) is 28.2 Å². The van der Waals surface area contributed by atoms with Crippen molar-refractivity contribution in [2.45, 2.75) is 193 Å². The Labute approximate surface area is 724 Å². The van der Waals surface area contributed by atoms with Crippen LogP contribution in [0.25, 0.3) is 133 Å². The fourth-order valence-electron chi connectivity index (χ4n) is 16.9. The second kappa shape index (κ2) is 35.0. The van der Waals surface area contributed by atoms with Gasteiger partial charge < -0.3 is 0 Å². The van der Waals surface area contributed by atoms with Crippen LogP contribution >= 0.6 is 0 Å². The van der Waals surface area contributed by atoms with Crippen LogP contribution in [0.2, 0.25) is 0 Å². The van der Waals surface area contributed by atoms with E-state index in [2.05, 4.69) is 366 Å². The summed E-state index contributed by atoms with van der Waals surface area (Å²) in [5, 5.41) is 9.58. The number of benzene rings is 8. The van der Waals surface area contributed by atoms with Crippen LogP contribution in [-0.4, -0.2) is 19.9 Å². The lowest BCUT2D eigenvalue weighted by Gasteiger charge is -2.28. The van der Waals surface area contributed by atoms with Crippen LogP contribution in [0.1, 0.15) is 198 Å². The van der Waals surface area contributed by atoms with E-state index in [1.54, 1.807) is 12.4 Å². The van der Waals surface area contributed by atoms with Crippen molar-refractivity contribution < 1.29 is 21.0 Å². The average molecular weight is 1600 g/mol. The van der Waals surface area contributed by atoms with Gasteiger partial charge in [0.25, 0.3) is 0 Å². The normalized spacial score (nSPS) is 12.1. The molecule has 16 aromatic rings. The molecular formula is C113H126N8+4. The van der Waals surface area contributed by atoms with Gasteiger partial charge in [0.05, 0.1) is 43.8 Å². The SMILES string of the molecule is Cc1cc(C(C)(C)C)cc(-c2c3ccc(-c4cccnc4)cc3cc(C)[n+]2C)c1C.Cc1ccc(C(C)(C)C)cc1-c1c2ccc(-c3cccnc3)cc2cc(C)[n+]1C.[2H]c1cc2cc(-c3cccnc3)ccc2c(-c2cc(C(C)(C)C)cc(C(C)(C)C)c2C)[n+]1C.[2H]c1cc2cc(-c3cccnc3)ccc2c(-c2cc(C(C)C)cc(C(C)C)c2C)[n+]1C. The van der Waals surface area contributed by atoms with Gasteiger partial charge in [-0.2, -0.15) is 9.13 Å². The molecular weight excluding hydrogens is 1470 g/mol. The smallest absolute Gasteiger partial charge is 0.220 e. The highest BCUT2D eigenvalue weighted by molar-refractivity contribution is 6.00. The maximum atomic E-state index is 8.74. The molecule has 614 valence electrons. The van der Waals surface area contributed by atoms with Crippen molar-refractivity contribution in [3.05, 3.63) is 335 Å². The highest BCUT2D eigenvalue weighted by atomic mass is 15.0. The first-order valence-corrected chi connectivity index (χ1v) is 43.0. The van der Waals surface area contributed by atoms with Gasteiger partial charge >= 0.3 is 0 Å². The molecule has 16 rings (SSSR count). The number of pyridine rings is 8. The highest BCUT2D eigenvalue weighted by Crippen LogP contribution is 2.43.